The maximum absolute atomic E-state index is 12.6. The normalized spacial score (nSPS) is 10.5. The summed E-state index contributed by atoms with van der Waals surface area (Å²) in [5.74, 6) is -1.28. The number of methoxy groups -OCH3 is 1. The minimum atomic E-state index is -0.529. The number of carbonyl (C=O) groups excluding carboxylic acids is 2. The number of hydrogen-bond donors (Lipinski definition) is 2. The Hall–Kier alpha value is -2.28. The summed E-state index contributed by atoms with van der Waals surface area (Å²) < 4.78 is 17.4. The number of carbonyl (C=O) groups is 2. The molecule has 0 aliphatic rings. The second kappa shape index (κ2) is 8.76. The highest BCUT2D eigenvalue weighted by Gasteiger charge is 2.07. The predicted molar refractivity (Wildman–Crippen MR) is 71.6 cm³/mol. The van der Waals surface area contributed by atoms with Gasteiger partial charge in [-0.3, -0.25) is 9.59 Å². The molecule has 6 nitrogen and oxygen atoms in total. The lowest BCUT2D eigenvalue weighted by molar-refractivity contribution is -0.129. The molecule has 2 N–H and O–H groups in total. The predicted octanol–water partition coefficient (Wildman–Crippen LogP) is 0.429. The Morgan fingerprint density at radius 2 is 2.00 bits per heavy atom. The smallest absolute Gasteiger partial charge is 0.249 e. The first kappa shape index (κ1) is 15.8. The van der Waals surface area contributed by atoms with Crippen molar-refractivity contribution in [1.82, 2.24) is 10.7 Å². The van der Waals surface area contributed by atoms with Crippen molar-refractivity contribution in [1.29, 1.82) is 0 Å². The number of nitrogens with one attached hydrogen (secondary N) is 2. The van der Waals surface area contributed by atoms with E-state index < -0.39 is 11.8 Å². The van der Waals surface area contributed by atoms with Crippen molar-refractivity contribution in [2.45, 2.75) is 6.42 Å². The summed E-state index contributed by atoms with van der Waals surface area (Å²) in [7, 11) is 1.52. The maximum Gasteiger partial charge on any atom is 0.249 e. The van der Waals surface area contributed by atoms with Crippen molar-refractivity contribution in [3.63, 3.8) is 0 Å². The lowest BCUT2D eigenvalue weighted by Crippen LogP contribution is -2.31. The van der Waals surface area contributed by atoms with Crippen LogP contribution in [0.4, 0.5) is 4.39 Å². The van der Waals surface area contributed by atoms with E-state index in [9.17, 15) is 14.0 Å². The van der Waals surface area contributed by atoms with Gasteiger partial charge in [0.1, 0.15) is 12.2 Å². The Labute approximate surface area is 116 Å². The van der Waals surface area contributed by atoms with Crippen LogP contribution in [0, 0.1) is 5.82 Å². The molecular formula is C13H16FN3O3. The van der Waals surface area contributed by atoms with Crippen LogP contribution in [0.15, 0.2) is 29.4 Å². The van der Waals surface area contributed by atoms with Gasteiger partial charge in [0, 0.05) is 13.7 Å². The van der Waals surface area contributed by atoms with E-state index >= 15 is 0 Å². The van der Waals surface area contributed by atoms with Gasteiger partial charge in [0.25, 0.3) is 0 Å². The first-order chi connectivity index (χ1) is 9.61. The van der Waals surface area contributed by atoms with Gasteiger partial charge in [-0.2, -0.15) is 5.10 Å². The fourth-order valence-electron chi connectivity index (χ4n) is 1.27. The number of amides is 2. The molecule has 0 atom stereocenters. The van der Waals surface area contributed by atoms with E-state index in [-0.39, 0.29) is 12.2 Å². The minimum Gasteiger partial charge on any atom is -0.383 e. The summed E-state index contributed by atoms with van der Waals surface area (Å²) in [4.78, 5) is 22.6. The Balaban J connectivity index is 2.28. The zero-order valence-electron chi connectivity index (χ0n) is 11.1. The number of ether oxygens (including phenoxy) is 1. The van der Waals surface area contributed by atoms with Crippen molar-refractivity contribution in [2.24, 2.45) is 5.10 Å². The van der Waals surface area contributed by atoms with Crippen LogP contribution in [-0.4, -0.2) is 38.3 Å². The molecule has 108 valence electrons. The maximum atomic E-state index is 12.6. The van der Waals surface area contributed by atoms with E-state index in [0.717, 1.165) is 0 Å². The number of hydrazone groups is 1. The third-order valence-corrected chi connectivity index (χ3v) is 2.22. The van der Waals surface area contributed by atoms with Crippen LogP contribution in [0.5, 0.6) is 0 Å². The van der Waals surface area contributed by atoms with Crippen molar-refractivity contribution in [3.05, 3.63) is 35.6 Å². The van der Waals surface area contributed by atoms with E-state index in [0.29, 0.717) is 18.7 Å². The highest BCUT2D eigenvalue weighted by molar-refractivity contribution is 5.97. The largest absolute Gasteiger partial charge is 0.383 e. The third-order valence-electron chi connectivity index (χ3n) is 2.22. The average molecular weight is 281 g/mol. The summed E-state index contributed by atoms with van der Waals surface area (Å²) in [6, 6.07) is 5.60. The van der Waals surface area contributed by atoms with Crippen molar-refractivity contribution in [2.75, 3.05) is 20.3 Å². The Bertz CT molecular complexity index is 474. The van der Waals surface area contributed by atoms with Crippen LogP contribution in [-0.2, 0) is 14.3 Å². The van der Waals surface area contributed by atoms with Gasteiger partial charge < -0.3 is 10.1 Å². The lowest BCUT2D eigenvalue weighted by atomic mass is 10.2. The fourth-order valence-corrected chi connectivity index (χ4v) is 1.27. The van der Waals surface area contributed by atoms with Gasteiger partial charge in [0.15, 0.2) is 0 Å². The quantitative estimate of drug-likeness (QED) is 0.329. The van der Waals surface area contributed by atoms with Gasteiger partial charge in [0.2, 0.25) is 11.8 Å². The molecule has 2 amide bonds. The Morgan fingerprint density at radius 3 is 2.65 bits per heavy atom. The molecule has 0 saturated heterocycles. The van der Waals surface area contributed by atoms with Gasteiger partial charge in [0.05, 0.1) is 12.8 Å². The molecule has 0 unspecified atom stereocenters. The number of hydrogen-bond acceptors (Lipinski definition) is 4. The molecule has 20 heavy (non-hydrogen) atoms. The number of rotatable bonds is 7. The second-order valence-corrected chi connectivity index (χ2v) is 3.86. The number of nitrogens with zero attached hydrogens (tertiary/aromatic N) is 1. The van der Waals surface area contributed by atoms with Crippen molar-refractivity contribution in [3.8, 4) is 0 Å². The van der Waals surface area contributed by atoms with E-state index in [1.165, 1.54) is 37.6 Å². The van der Waals surface area contributed by atoms with Crippen LogP contribution in [0.3, 0.4) is 0 Å². The molecule has 0 aliphatic heterocycles. The lowest BCUT2D eigenvalue weighted by Gasteiger charge is -2.03. The van der Waals surface area contributed by atoms with Crippen LogP contribution in [0.2, 0.25) is 0 Å². The molecule has 7 heteroatoms. The van der Waals surface area contributed by atoms with Crippen LogP contribution in [0.25, 0.3) is 0 Å². The topological polar surface area (TPSA) is 79.8 Å². The number of benzene rings is 1. The third kappa shape index (κ3) is 6.60. The molecule has 0 spiro atoms. The SMILES string of the molecule is COCCNC(=O)CC(=O)NN=Cc1ccc(F)cc1. The molecule has 1 rings (SSSR count). The van der Waals surface area contributed by atoms with E-state index in [4.69, 9.17) is 4.74 Å². The van der Waals surface area contributed by atoms with Crippen LogP contribution >= 0.6 is 0 Å². The van der Waals surface area contributed by atoms with Crippen LogP contribution < -0.4 is 10.7 Å². The molecular weight excluding hydrogens is 265 g/mol. The summed E-state index contributed by atoms with van der Waals surface area (Å²) in [5.41, 5.74) is 2.85. The van der Waals surface area contributed by atoms with Gasteiger partial charge in [-0.1, -0.05) is 12.1 Å². The van der Waals surface area contributed by atoms with E-state index in [2.05, 4.69) is 15.8 Å². The summed E-state index contributed by atoms with van der Waals surface area (Å²) >= 11 is 0. The molecule has 0 saturated carbocycles. The van der Waals surface area contributed by atoms with Gasteiger partial charge in [-0.15, -0.1) is 0 Å². The summed E-state index contributed by atoms with van der Waals surface area (Å²) in [6.07, 6.45) is 1.05. The monoisotopic (exact) mass is 281 g/mol. The second-order valence-electron chi connectivity index (χ2n) is 3.86. The van der Waals surface area contributed by atoms with Gasteiger partial charge >= 0.3 is 0 Å². The zero-order chi connectivity index (χ0) is 14.8. The highest BCUT2D eigenvalue weighted by Crippen LogP contribution is 1.99. The summed E-state index contributed by atoms with van der Waals surface area (Å²) in [6.45, 7) is 0.734. The highest BCUT2D eigenvalue weighted by atomic mass is 19.1. The average Bonchev–Trinajstić information content (AvgIpc) is 2.41. The Morgan fingerprint density at radius 1 is 1.30 bits per heavy atom. The van der Waals surface area contributed by atoms with E-state index in [1.807, 2.05) is 0 Å². The molecule has 0 radical (unpaired) electrons. The first-order valence-electron chi connectivity index (χ1n) is 5.95. The molecule has 0 aliphatic carbocycles. The fraction of sp³-hybridized carbons (Fsp3) is 0.308. The molecule has 0 aromatic heterocycles. The van der Waals surface area contributed by atoms with Crippen molar-refractivity contribution < 1.29 is 18.7 Å². The zero-order valence-corrected chi connectivity index (χ0v) is 11.1. The molecule has 0 fully saturated rings. The minimum absolute atomic E-state index is 0.315. The van der Waals surface area contributed by atoms with Gasteiger partial charge in [-0.25, -0.2) is 9.82 Å². The van der Waals surface area contributed by atoms with E-state index in [1.54, 1.807) is 0 Å². The standard InChI is InChI=1S/C13H16FN3O3/c1-20-7-6-15-12(18)8-13(19)17-16-9-10-2-4-11(14)5-3-10/h2-5,9H,6-8H2,1H3,(H,15,18)(H,17,19). The van der Waals surface area contributed by atoms with Gasteiger partial charge in [-0.05, 0) is 17.7 Å². The number of halogens is 1. The van der Waals surface area contributed by atoms with Crippen molar-refractivity contribution >= 4 is 18.0 Å². The molecule has 1 aromatic rings. The molecule has 0 heterocycles. The van der Waals surface area contributed by atoms with Crippen LogP contribution in [0.1, 0.15) is 12.0 Å². The first-order valence-corrected chi connectivity index (χ1v) is 5.95. The summed E-state index contributed by atoms with van der Waals surface area (Å²) in [5, 5.41) is 6.18. The molecule has 1 aromatic carbocycles. The Kier molecular flexibility index (Phi) is 6.91. The molecule has 0 bridgehead atoms.